The van der Waals surface area contributed by atoms with Crippen LogP contribution in [0, 0.1) is 0 Å². The second kappa shape index (κ2) is 5.57. The number of imidazole rings is 1. The lowest BCUT2D eigenvalue weighted by Gasteiger charge is -2.03. The van der Waals surface area contributed by atoms with E-state index in [-0.39, 0.29) is 5.97 Å². The van der Waals surface area contributed by atoms with E-state index in [9.17, 15) is 4.79 Å². The standard InChI is InChI=1S/C15H15N3O2S/c1-18-6-5-17-14(18)4-7-20-15(19)13-9-10-8-11(16)2-3-12(10)21-13/h2-3,5-6,8-9H,4,7,16H2,1H3. The Bertz CT molecular complexity index is 791. The summed E-state index contributed by atoms with van der Waals surface area (Å²) >= 11 is 1.41. The molecule has 3 rings (SSSR count). The molecule has 21 heavy (non-hydrogen) atoms. The minimum Gasteiger partial charge on any atom is -0.461 e. The number of carbonyl (C=O) groups excluding carboxylic acids is 1. The van der Waals surface area contributed by atoms with Gasteiger partial charge in [0.2, 0.25) is 0 Å². The van der Waals surface area contributed by atoms with E-state index in [1.54, 1.807) is 6.20 Å². The van der Waals surface area contributed by atoms with Crippen LogP contribution in [-0.2, 0) is 18.2 Å². The van der Waals surface area contributed by atoms with Crippen LogP contribution < -0.4 is 5.73 Å². The third-order valence-electron chi connectivity index (χ3n) is 3.22. The number of hydrogen-bond donors (Lipinski definition) is 1. The van der Waals surface area contributed by atoms with Crippen molar-refractivity contribution in [3.63, 3.8) is 0 Å². The number of aromatic nitrogens is 2. The third-order valence-corrected chi connectivity index (χ3v) is 4.32. The number of ether oxygens (including phenoxy) is 1. The molecule has 0 bridgehead atoms. The monoisotopic (exact) mass is 301 g/mol. The van der Waals surface area contributed by atoms with Crippen molar-refractivity contribution in [1.29, 1.82) is 0 Å². The lowest BCUT2D eigenvalue weighted by Crippen LogP contribution is -2.09. The second-order valence-electron chi connectivity index (χ2n) is 4.75. The first kappa shape index (κ1) is 13.6. The van der Waals surface area contributed by atoms with Crippen LogP contribution in [0.15, 0.2) is 36.7 Å². The van der Waals surface area contributed by atoms with Gasteiger partial charge in [-0.3, -0.25) is 0 Å². The first-order chi connectivity index (χ1) is 10.1. The van der Waals surface area contributed by atoms with E-state index < -0.39 is 0 Å². The number of nitrogens with two attached hydrogens (primary N) is 1. The summed E-state index contributed by atoms with van der Waals surface area (Å²) in [6.45, 7) is 0.320. The largest absolute Gasteiger partial charge is 0.461 e. The number of nitrogen functional groups attached to an aromatic ring is 1. The molecule has 2 N–H and O–H groups in total. The smallest absolute Gasteiger partial charge is 0.348 e. The van der Waals surface area contributed by atoms with Gasteiger partial charge >= 0.3 is 5.97 Å². The molecule has 0 fully saturated rings. The van der Waals surface area contributed by atoms with Gasteiger partial charge in [-0.1, -0.05) is 0 Å². The summed E-state index contributed by atoms with van der Waals surface area (Å²) in [5.41, 5.74) is 6.43. The molecule has 0 radical (unpaired) electrons. The molecule has 0 saturated carbocycles. The summed E-state index contributed by atoms with van der Waals surface area (Å²) in [4.78, 5) is 16.8. The van der Waals surface area contributed by atoms with Crippen molar-refractivity contribution in [1.82, 2.24) is 9.55 Å². The number of esters is 1. The van der Waals surface area contributed by atoms with E-state index in [1.807, 2.05) is 42.1 Å². The molecule has 0 aliphatic rings. The molecule has 1 aromatic carbocycles. The van der Waals surface area contributed by atoms with Gasteiger partial charge in [-0.15, -0.1) is 11.3 Å². The number of rotatable bonds is 4. The fourth-order valence-electron chi connectivity index (χ4n) is 2.11. The highest BCUT2D eigenvalue weighted by molar-refractivity contribution is 7.20. The highest BCUT2D eigenvalue weighted by atomic mass is 32.1. The fraction of sp³-hybridized carbons (Fsp3) is 0.200. The molecule has 0 saturated heterocycles. The number of thiophene rings is 1. The minimum atomic E-state index is -0.302. The number of carbonyl (C=O) groups is 1. The van der Waals surface area contributed by atoms with Gasteiger partial charge in [-0.05, 0) is 29.7 Å². The van der Waals surface area contributed by atoms with Crippen molar-refractivity contribution in [2.24, 2.45) is 7.05 Å². The van der Waals surface area contributed by atoms with Crippen LogP contribution in [0.5, 0.6) is 0 Å². The average molecular weight is 301 g/mol. The molecular formula is C15H15N3O2S. The predicted molar refractivity (Wildman–Crippen MR) is 83.4 cm³/mol. The Balaban J connectivity index is 1.65. The average Bonchev–Trinajstić information content (AvgIpc) is 3.05. The van der Waals surface area contributed by atoms with Crippen LogP contribution in [0.2, 0.25) is 0 Å². The van der Waals surface area contributed by atoms with E-state index in [1.165, 1.54) is 11.3 Å². The maximum Gasteiger partial charge on any atom is 0.348 e. The van der Waals surface area contributed by atoms with Gasteiger partial charge in [0.1, 0.15) is 10.7 Å². The van der Waals surface area contributed by atoms with Gasteiger partial charge in [0.25, 0.3) is 0 Å². The van der Waals surface area contributed by atoms with Crippen molar-refractivity contribution in [3.05, 3.63) is 47.4 Å². The van der Waals surface area contributed by atoms with E-state index in [2.05, 4.69) is 4.98 Å². The zero-order chi connectivity index (χ0) is 14.8. The quantitative estimate of drug-likeness (QED) is 0.594. The zero-order valence-corrected chi connectivity index (χ0v) is 12.4. The summed E-state index contributed by atoms with van der Waals surface area (Å²) in [5, 5.41) is 0.969. The summed E-state index contributed by atoms with van der Waals surface area (Å²) in [6, 6.07) is 7.42. The fourth-order valence-corrected chi connectivity index (χ4v) is 3.04. The lowest BCUT2D eigenvalue weighted by atomic mass is 10.2. The maximum atomic E-state index is 12.0. The van der Waals surface area contributed by atoms with Gasteiger partial charge < -0.3 is 15.0 Å². The van der Waals surface area contributed by atoms with Gasteiger partial charge in [-0.25, -0.2) is 9.78 Å². The molecule has 0 unspecified atom stereocenters. The van der Waals surface area contributed by atoms with Gasteiger partial charge in [0, 0.05) is 36.2 Å². The van der Waals surface area contributed by atoms with Crippen LogP contribution in [0.3, 0.4) is 0 Å². The number of nitrogens with zero attached hydrogens (tertiary/aromatic N) is 2. The molecule has 5 nitrogen and oxygen atoms in total. The summed E-state index contributed by atoms with van der Waals surface area (Å²) in [6.07, 6.45) is 4.20. The van der Waals surface area contributed by atoms with Crippen LogP contribution in [-0.4, -0.2) is 22.1 Å². The maximum absolute atomic E-state index is 12.0. The van der Waals surface area contributed by atoms with Crippen molar-refractivity contribution >= 4 is 33.1 Å². The highest BCUT2D eigenvalue weighted by Gasteiger charge is 2.12. The van der Waals surface area contributed by atoms with E-state index >= 15 is 0 Å². The van der Waals surface area contributed by atoms with Crippen LogP contribution >= 0.6 is 11.3 Å². The molecule has 6 heteroatoms. The molecule has 0 atom stereocenters. The highest BCUT2D eigenvalue weighted by Crippen LogP contribution is 2.27. The number of anilines is 1. The predicted octanol–water partition coefficient (Wildman–Crippen LogP) is 2.62. The van der Waals surface area contributed by atoms with Crippen LogP contribution in [0.25, 0.3) is 10.1 Å². The molecule has 108 valence electrons. The van der Waals surface area contributed by atoms with Crippen molar-refractivity contribution in [3.8, 4) is 0 Å². The number of benzene rings is 1. The molecule has 0 aliphatic carbocycles. The van der Waals surface area contributed by atoms with Crippen molar-refractivity contribution < 1.29 is 9.53 Å². The SMILES string of the molecule is Cn1ccnc1CCOC(=O)c1cc2cc(N)ccc2s1. The summed E-state index contributed by atoms with van der Waals surface area (Å²) < 4.78 is 8.24. The minimum absolute atomic E-state index is 0.302. The van der Waals surface area contributed by atoms with Crippen LogP contribution in [0.1, 0.15) is 15.5 Å². The zero-order valence-electron chi connectivity index (χ0n) is 11.6. The molecule has 2 aromatic heterocycles. The number of aryl methyl sites for hydroxylation is 1. The Labute approximate surface area is 126 Å². The van der Waals surface area contributed by atoms with Gasteiger partial charge in [-0.2, -0.15) is 0 Å². The Morgan fingerprint density at radius 2 is 2.29 bits per heavy atom. The first-order valence-electron chi connectivity index (χ1n) is 6.56. The molecule has 0 aliphatic heterocycles. The molecule has 3 aromatic rings. The molecule has 0 amide bonds. The second-order valence-corrected chi connectivity index (χ2v) is 5.83. The molecule has 0 spiro atoms. The summed E-state index contributed by atoms with van der Waals surface area (Å²) in [7, 11) is 1.92. The number of hydrogen-bond acceptors (Lipinski definition) is 5. The Morgan fingerprint density at radius 1 is 1.43 bits per heavy atom. The normalized spacial score (nSPS) is 10.9. The molecular weight excluding hydrogens is 286 g/mol. The summed E-state index contributed by atoms with van der Waals surface area (Å²) in [5.74, 6) is 0.593. The van der Waals surface area contributed by atoms with Crippen LogP contribution in [0.4, 0.5) is 5.69 Å². The Kier molecular flexibility index (Phi) is 3.62. The Hall–Kier alpha value is -2.34. The van der Waals surface area contributed by atoms with Gasteiger partial charge in [0.05, 0.1) is 6.61 Å². The number of fused-ring (bicyclic) bond motifs is 1. The third kappa shape index (κ3) is 2.90. The van der Waals surface area contributed by atoms with E-state index in [4.69, 9.17) is 10.5 Å². The van der Waals surface area contributed by atoms with E-state index in [0.29, 0.717) is 23.6 Å². The topological polar surface area (TPSA) is 70.1 Å². The first-order valence-corrected chi connectivity index (χ1v) is 7.37. The van der Waals surface area contributed by atoms with E-state index in [0.717, 1.165) is 15.9 Å². The lowest BCUT2D eigenvalue weighted by molar-refractivity contribution is 0.0512. The van der Waals surface area contributed by atoms with Crippen molar-refractivity contribution in [2.75, 3.05) is 12.3 Å². The van der Waals surface area contributed by atoms with Gasteiger partial charge in [0.15, 0.2) is 0 Å². The molecule has 2 heterocycles. The Morgan fingerprint density at radius 3 is 3.05 bits per heavy atom. The van der Waals surface area contributed by atoms with Crippen molar-refractivity contribution in [2.45, 2.75) is 6.42 Å².